The molecule has 0 aliphatic heterocycles. The molecule has 1 amide bonds. The molecule has 0 radical (unpaired) electrons. The van der Waals surface area contributed by atoms with Crippen LogP contribution in [0.2, 0.25) is 5.02 Å². The normalized spacial score (nSPS) is 12.3. The summed E-state index contributed by atoms with van der Waals surface area (Å²) in [6, 6.07) is 3.78. The van der Waals surface area contributed by atoms with Gasteiger partial charge in [0.2, 0.25) is 5.91 Å². The Morgan fingerprint density at radius 3 is 2.72 bits per heavy atom. The highest BCUT2D eigenvalue weighted by molar-refractivity contribution is 6.30. The summed E-state index contributed by atoms with van der Waals surface area (Å²) in [5.41, 5.74) is 0.547. The van der Waals surface area contributed by atoms with E-state index in [4.69, 9.17) is 11.6 Å². The van der Waals surface area contributed by atoms with Gasteiger partial charge >= 0.3 is 0 Å². The number of halogens is 2. The number of nitrogens with one attached hydrogen (secondary N) is 1. The summed E-state index contributed by atoms with van der Waals surface area (Å²) in [6.45, 7) is -0.162. The quantitative estimate of drug-likeness (QED) is 0.848. The van der Waals surface area contributed by atoms with Gasteiger partial charge < -0.3 is 10.0 Å². The molecule has 100 valence electrons. The number of carbonyl (C=O) groups excluding carboxylic acids is 1. The fourth-order valence-electron chi connectivity index (χ4n) is 1.39. The number of benzene rings is 1. The minimum Gasteiger partial charge on any atom is -0.394 e. The molecule has 6 heteroatoms. The maximum atomic E-state index is 13.3. The molecular weight excluding hydrogens is 259 g/mol. The summed E-state index contributed by atoms with van der Waals surface area (Å²) in [5, 5.41) is 12.1. The predicted molar refractivity (Wildman–Crippen MR) is 67.9 cm³/mol. The maximum absolute atomic E-state index is 13.3. The molecule has 0 aromatic heterocycles. The molecule has 1 rings (SSSR count). The zero-order chi connectivity index (χ0) is 13.7. The van der Waals surface area contributed by atoms with Gasteiger partial charge in [-0.05, 0) is 17.7 Å². The number of hydrogen-bond donors (Lipinski definition) is 2. The fourth-order valence-corrected chi connectivity index (χ4v) is 1.50. The Bertz CT molecular complexity index is 427. The highest BCUT2D eigenvalue weighted by Crippen LogP contribution is 2.20. The van der Waals surface area contributed by atoms with Crippen molar-refractivity contribution in [3.8, 4) is 0 Å². The summed E-state index contributed by atoms with van der Waals surface area (Å²) in [4.78, 5) is 12.8. The van der Waals surface area contributed by atoms with Crippen molar-refractivity contribution in [3.05, 3.63) is 34.6 Å². The molecule has 0 aliphatic carbocycles. The second kappa shape index (κ2) is 6.68. The summed E-state index contributed by atoms with van der Waals surface area (Å²) in [7, 11) is 3.28. The van der Waals surface area contributed by atoms with E-state index in [1.165, 1.54) is 17.0 Å². The molecule has 1 atom stereocenters. The van der Waals surface area contributed by atoms with Crippen molar-refractivity contribution >= 4 is 17.5 Å². The Kier molecular flexibility index (Phi) is 5.53. The molecule has 0 unspecified atom stereocenters. The van der Waals surface area contributed by atoms with Gasteiger partial charge in [0.15, 0.2) is 0 Å². The highest BCUT2D eigenvalue weighted by Gasteiger charge is 2.14. The number of hydrogen-bond acceptors (Lipinski definition) is 3. The van der Waals surface area contributed by atoms with Gasteiger partial charge in [-0.2, -0.15) is 0 Å². The van der Waals surface area contributed by atoms with E-state index in [0.717, 1.165) is 0 Å². The van der Waals surface area contributed by atoms with E-state index in [1.54, 1.807) is 20.2 Å². The molecule has 2 N–H and O–H groups in total. The number of nitrogens with zero attached hydrogens (tertiary/aromatic N) is 1. The van der Waals surface area contributed by atoms with Gasteiger partial charge in [0.25, 0.3) is 0 Å². The maximum Gasteiger partial charge on any atom is 0.236 e. The first-order valence-corrected chi connectivity index (χ1v) is 5.83. The van der Waals surface area contributed by atoms with E-state index in [0.29, 0.717) is 5.56 Å². The van der Waals surface area contributed by atoms with Crippen molar-refractivity contribution in [2.45, 2.75) is 6.04 Å². The van der Waals surface area contributed by atoms with Gasteiger partial charge in [-0.1, -0.05) is 17.7 Å². The lowest BCUT2D eigenvalue weighted by Crippen LogP contribution is -2.36. The molecule has 0 spiro atoms. The lowest BCUT2D eigenvalue weighted by Gasteiger charge is -2.18. The Morgan fingerprint density at radius 1 is 1.56 bits per heavy atom. The Labute approximate surface area is 110 Å². The Morgan fingerprint density at radius 2 is 2.22 bits per heavy atom. The minimum absolute atomic E-state index is 0.0276. The second-order valence-corrected chi connectivity index (χ2v) is 4.48. The minimum atomic E-state index is -0.548. The summed E-state index contributed by atoms with van der Waals surface area (Å²) >= 11 is 5.58. The molecular formula is C12H16ClFN2O2. The smallest absolute Gasteiger partial charge is 0.236 e. The van der Waals surface area contributed by atoms with E-state index >= 15 is 0 Å². The second-order valence-electron chi connectivity index (χ2n) is 4.08. The average Bonchev–Trinajstić information content (AvgIpc) is 2.33. The van der Waals surface area contributed by atoms with Crippen molar-refractivity contribution in [1.29, 1.82) is 0 Å². The van der Waals surface area contributed by atoms with E-state index in [9.17, 15) is 14.3 Å². The summed E-state index contributed by atoms with van der Waals surface area (Å²) in [6.07, 6.45) is 0. The van der Waals surface area contributed by atoms with Crippen molar-refractivity contribution in [2.75, 3.05) is 27.2 Å². The van der Waals surface area contributed by atoms with Gasteiger partial charge in [-0.3, -0.25) is 10.1 Å². The van der Waals surface area contributed by atoms with Gasteiger partial charge in [0.05, 0.1) is 24.2 Å². The fraction of sp³-hybridized carbons (Fsp3) is 0.417. The molecule has 0 aliphatic rings. The molecule has 4 nitrogen and oxygen atoms in total. The number of aliphatic hydroxyl groups excluding tert-OH is 1. The van der Waals surface area contributed by atoms with Crippen molar-refractivity contribution < 1.29 is 14.3 Å². The first-order valence-electron chi connectivity index (χ1n) is 5.45. The van der Waals surface area contributed by atoms with Crippen molar-refractivity contribution in [2.24, 2.45) is 0 Å². The molecule has 0 saturated carbocycles. The van der Waals surface area contributed by atoms with E-state index in [-0.39, 0.29) is 24.1 Å². The van der Waals surface area contributed by atoms with Crippen LogP contribution < -0.4 is 5.32 Å². The van der Waals surface area contributed by atoms with E-state index in [2.05, 4.69) is 5.32 Å². The molecule has 0 heterocycles. The lowest BCUT2D eigenvalue weighted by molar-refractivity contribution is -0.127. The molecule has 0 bridgehead atoms. The lowest BCUT2D eigenvalue weighted by atomic mass is 10.1. The van der Waals surface area contributed by atoms with Gasteiger partial charge in [0, 0.05) is 14.1 Å². The van der Waals surface area contributed by atoms with Gasteiger partial charge in [-0.25, -0.2) is 4.39 Å². The van der Waals surface area contributed by atoms with Crippen LogP contribution in [0.1, 0.15) is 11.6 Å². The summed E-state index contributed by atoms with van der Waals surface area (Å²) in [5.74, 6) is -0.670. The van der Waals surface area contributed by atoms with Crippen LogP contribution in [0.15, 0.2) is 18.2 Å². The summed E-state index contributed by atoms with van der Waals surface area (Å²) < 4.78 is 13.3. The van der Waals surface area contributed by atoms with Gasteiger partial charge in [0.1, 0.15) is 5.82 Å². The monoisotopic (exact) mass is 274 g/mol. The Balaban J connectivity index is 2.71. The van der Waals surface area contributed by atoms with Crippen LogP contribution in [-0.2, 0) is 4.79 Å². The molecule has 18 heavy (non-hydrogen) atoms. The molecule has 0 fully saturated rings. The third-order valence-corrected chi connectivity index (χ3v) is 2.83. The van der Waals surface area contributed by atoms with E-state index in [1.807, 2.05) is 0 Å². The number of rotatable bonds is 5. The van der Waals surface area contributed by atoms with Crippen LogP contribution >= 0.6 is 11.6 Å². The Hall–Kier alpha value is -1.17. The highest BCUT2D eigenvalue weighted by atomic mass is 35.5. The third kappa shape index (κ3) is 3.94. The van der Waals surface area contributed by atoms with Crippen LogP contribution in [0.4, 0.5) is 4.39 Å². The van der Waals surface area contributed by atoms with Crippen LogP contribution in [0.3, 0.4) is 0 Å². The zero-order valence-corrected chi connectivity index (χ0v) is 11.0. The topological polar surface area (TPSA) is 52.6 Å². The number of likely N-dealkylation sites (N-methyl/N-ethyl adjacent to an activating group) is 1. The zero-order valence-electron chi connectivity index (χ0n) is 10.3. The van der Waals surface area contributed by atoms with Gasteiger partial charge in [-0.15, -0.1) is 0 Å². The number of amides is 1. The standard InChI is InChI=1S/C12H16ClFN2O2/c1-16(2)12(18)6-15-11(7-17)8-3-4-9(13)10(14)5-8/h3-5,11,15,17H,6-7H2,1-2H3/t11-/m0/s1. The molecule has 1 aromatic rings. The number of carbonyl (C=O) groups is 1. The van der Waals surface area contributed by atoms with Crippen molar-refractivity contribution in [3.63, 3.8) is 0 Å². The van der Waals surface area contributed by atoms with Crippen LogP contribution in [-0.4, -0.2) is 43.2 Å². The molecule has 0 saturated heterocycles. The predicted octanol–water partition coefficient (Wildman–Crippen LogP) is 1.19. The van der Waals surface area contributed by atoms with Crippen LogP contribution in [0.5, 0.6) is 0 Å². The van der Waals surface area contributed by atoms with Crippen molar-refractivity contribution in [1.82, 2.24) is 10.2 Å². The average molecular weight is 275 g/mol. The SMILES string of the molecule is CN(C)C(=O)CN[C@@H](CO)c1ccc(Cl)c(F)c1. The van der Waals surface area contributed by atoms with Crippen LogP contribution in [0.25, 0.3) is 0 Å². The van der Waals surface area contributed by atoms with Crippen LogP contribution in [0, 0.1) is 5.82 Å². The largest absolute Gasteiger partial charge is 0.394 e. The number of aliphatic hydroxyl groups is 1. The first-order chi connectivity index (χ1) is 8.45. The third-order valence-electron chi connectivity index (χ3n) is 2.53. The molecule has 1 aromatic carbocycles. The van der Waals surface area contributed by atoms with E-state index < -0.39 is 11.9 Å². The first kappa shape index (κ1) is 14.9.